The molecule has 2 aliphatic heterocycles. The first-order valence-corrected chi connectivity index (χ1v) is 8.86. The minimum atomic E-state index is -0.599. The van der Waals surface area contributed by atoms with Gasteiger partial charge in [-0.05, 0) is 23.9 Å². The average molecular weight is 354 g/mol. The summed E-state index contributed by atoms with van der Waals surface area (Å²) in [6.07, 6.45) is 2.34. The van der Waals surface area contributed by atoms with Crippen molar-refractivity contribution in [1.82, 2.24) is 10.2 Å². The highest BCUT2D eigenvalue weighted by molar-refractivity contribution is 8.18. The molecule has 3 amide bonds. The number of nitrogens with one attached hydrogen (secondary N) is 1. The average Bonchev–Trinajstić information content (AvgIpc) is 3.20. The Morgan fingerprint density at radius 2 is 2.30 bits per heavy atom. The predicted octanol–water partition coefficient (Wildman–Crippen LogP) is 0.908. The van der Waals surface area contributed by atoms with E-state index >= 15 is 0 Å². The van der Waals surface area contributed by atoms with Crippen LogP contribution in [-0.4, -0.2) is 57.3 Å². The molecule has 9 heteroatoms. The summed E-state index contributed by atoms with van der Waals surface area (Å²) >= 11 is 2.31. The fraction of sp³-hybridized carbons (Fsp3) is 0.357. The number of hydrogen-bond acceptors (Lipinski definition) is 7. The Kier molecular flexibility index (Phi) is 4.79. The zero-order valence-corrected chi connectivity index (χ0v) is 13.6. The fourth-order valence-electron chi connectivity index (χ4n) is 2.22. The van der Waals surface area contributed by atoms with Gasteiger partial charge in [-0.3, -0.25) is 19.3 Å². The molecule has 122 valence electrons. The lowest BCUT2D eigenvalue weighted by molar-refractivity contribution is -0.129. The molecule has 0 saturated carbocycles. The molecule has 23 heavy (non-hydrogen) atoms. The van der Waals surface area contributed by atoms with Gasteiger partial charge in [0.1, 0.15) is 12.3 Å². The molecule has 1 aromatic heterocycles. The third-order valence-corrected chi connectivity index (χ3v) is 5.47. The lowest BCUT2D eigenvalue weighted by atomic mass is 10.2. The molecular formula is C14H14N2O5S2. The first-order chi connectivity index (χ1) is 11.0. The highest BCUT2D eigenvalue weighted by Gasteiger charge is 2.37. The van der Waals surface area contributed by atoms with Crippen molar-refractivity contribution < 1.29 is 23.9 Å². The predicted molar refractivity (Wildman–Crippen MR) is 86.6 cm³/mol. The van der Waals surface area contributed by atoms with Crippen molar-refractivity contribution in [2.45, 2.75) is 12.1 Å². The second kappa shape index (κ2) is 6.81. The molecule has 2 atom stereocenters. The van der Waals surface area contributed by atoms with Gasteiger partial charge >= 0.3 is 0 Å². The van der Waals surface area contributed by atoms with Crippen LogP contribution >= 0.6 is 23.5 Å². The highest BCUT2D eigenvalue weighted by atomic mass is 32.2. The summed E-state index contributed by atoms with van der Waals surface area (Å²) < 4.78 is 5.11. The summed E-state index contributed by atoms with van der Waals surface area (Å²) in [7, 11) is 0. The largest absolute Gasteiger partial charge is 0.465 e. The smallest absolute Gasteiger partial charge is 0.294 e. The Hall–Kier alpha value is -1.71. The summed E-state index contributed by atoms with van der Waals surface area (Å²) in [4.78, 5) is 37.2. The molecule has 0 aromatic carbocycles. The van der Waals surface area contributed by atoms with Gasteiger partial charge in [-0.25, -0.2) is 0 Å². The number of aliphatic hydroxyl groups excluding tert-OH is 1. The maximum absolute atomic E-state index is 12.2. The number of aliphatic hydroxyl groups is 1. The van der Waals surface area contributed by atoms with Crippen LogP contribution < -0.4 is 5.32 Å². The molecular weight excluding hydrogens is 340 g/mol. The van der Waals surface area contributed by atoms with E-state index in [1.807, 2.05) is 0 Å². The fourth-order valence-corrected chi connectivity index (χ4v) is 4.20. The SMILES string of the molecule is O=C(CN1C(=O)SC(=Cc2ccco2)C1=O)NC1CSCC1O. The Labute approximate surface area is 140 Å². The lowest BCUT2D eigenvalue weighted by Gasteiger charge is -2.18. The maximum atomic E-state index is 12.2. The van der Waals surface area contributed by atoms with Gasteiger partial charge in [-0.15, -0.1) is 0 Å². The number of imide groups is 1. The van der Waals surface area contributed by atoms with Crippen molar-refractivity contribution in [3.63, 3.8) is 0 Å². The molecule has 0 spiro atoms. The van der Waals surface area contributed by atoms with Gasteiger partial charge in [0.05, 0.1) is 23.3 Å². The van der Waals surface area contributed by atoms with Crippen molar-refractivity contribution in [2.24, 2.45) is 0 Å². The normalized spacial score (nSPS) is 26.3. The minimum Gasteiger partial charge on any atom is -0.465 e. The molecule has 3 heterocycles. The number of hydrogen-bond donors (Lipinski definition) is 2. The Morgan fingerprint density at radius 3 is 2.96 bits per heavy atom. The number of amides is 3. The number of carbonyl (C=O) groups is 3. The van der Waals surface area contributed by atoms with E-state index in [2.05, 4.69) is 5.32 Å². The van der Waals surface area contributed by atoms with Crippen LogP contribution in [0.25, 0.3) is 6.08 Å². The van der Waals surface area contributed by atoms with Gasteiger partial charge in [0.2, 0.25) is 5.91 Å². The van der Waals surface area contributed by atoms with Gasteiger partial charge in [0.15, 0.2) is 0 Å². The zero-order chi connectivity index (χ0) is 16.4. The summed E-state index contributed by atoms with van der Waals surface area (Å²) in [5.74, 6) is 0.669. The molecule has 2 N–H and O–H groups in total. The standard InChI is InChI=1S/C14H14N2O5S2/c17-10-7-22-6-9(10)15-12(18)5-16-13(19)11(23-14(16)20)4-8-2-1-3-21-8/h1-4,9-10,17H,5-7H2,(H,15,18). The van der Waals surface area contributed by atoms with Crippen LogP contribution in [0.15, 0.2) is 27.7 Å². The monoisotopic (exact) mass is 354 g/mol. The van der Waals surface area contributed by atoms with E-state index in [1.54, 1.807) is 23.9 Å². The van der Waals surface area contributed by atoms with Gasteiger partial charge in [0.25, 0.3) is 11.1 Å². The molecule has 2 saturated heterocycles. The van der Waals surface area contributed by atoms with E-state index in [4.69, 9.17) is 4.42 Å². The lowest BCUT2D eigenvalue weighted by Crippen LogP contribution is -2.47. The van der Waals surface area contributed by atoms with Crippen molar-refractivity contribution in [2.75, 3.05) is 18.1 Å². The van der Waals surface area contributed by atoms with Crippen LogP contribution in [0.3, 0.4) is 0 Å². The first-order valence-electron chi connectivity index (χ1n) is 6.88. The third kappa shape index (κ3) is 3.62. The summed E-state index contributed by atoms with van der Waals surface area (Å²) in [5, 5.41) is 11.8. The molecule has 2 unspecified atom stereocenters. The van der Waals surface area contributed by atoms with E-state index < -0.39 is 23.2 Å². The topological polar surface area (TPSA) is 99.9 Å². The number of thioether (sulfide) groups is 2. The molecule has 2 fully saturated rings. The molecule has 0 aliphatic carbocycles. The Morgan fingerprint density at radius 1 is 1.48 bits per heavy atom. The second-order valence-electron chi connectivity index (χ2n) is 5.06. The van der Waals surface area contributed by atoms with E-state index in [1.165, 1.54) is 12.3 Å². The van der Waals surface area contributed by atoms with Crippen LogP contribution in [0.2, 0.25) is 0 Å². The maximum Gasteiger partial charge on any atom is 0.294 e. The van der Waals surface area contributed by atoms with Crippen molar-refractivity contribution in [1.29, 1.82) is 0 Å². The molecule has 7 nitrogen and oxygen atoms in total. The minimum absolute atomic E-state index is 0.217. The van der Waals surface area contributed by atoms with Crippen molar-refractivity contribution >= 4 is 46.7 Å². The molecule has 3 rings (SSSR count). The second-order valence-corrected chi connectivity index (χ2v) is 7.13. The Bertz CT molecular complexity index is 658. The van der Waals surface area contributed by atoms with Crippen LogP contribution in [0.4, 0.5) is 4.79 Å². The van der Waals surface area contributed by atoms with Crippen LogP contribution in [0, 0.1) is 0 Å². The van der Waals surface area contributed by atoms with E-state index in [9.17, 15) is 19.5 Å². The van der Waals surface area contributed by atoms with Gasteiger partial charge in [-0.2, -0.15) is 11.8 Å². The number of nitrogens with zero attached hydrogens (tertiary/aromatic N) is 1. The van der Waals surface area contributed by atoms with Crippen molar-refractivity contribution in [3.8, 4) is 0 Å². The van der Waals surface area contributed by atoms with E-state index in [-0.39, 0.29) is 17.5 Å². The third-order valence-electron chi connectivity index (χ3n) is 3.39. The first kappa shape index (κ1) is 16.2. The van der Waals surface area contributed by atoms with E-state index in [0.717, 1.165) is 16.7 Å². The van der Waals surface area contributed by atoms with Crippen LogP contribution in [0.1, 0.15) is 5.76 Å². The molecule has 0 bridgehead atoms. The van der Waals surface area contributed by atoms with Gasteiger partial charge in [-0.1, -0.05) is 0 Å². The van der Waals surface area contributed by atoms with E-state index in [0.29, 0.717) is 17.3 Å². The summed E-state index contributed by atoms with van der Waals surface area (Å²) in [6, 6.07) is 3.00. The molecule has 1 aromatic rings. The van der Waals surface area contributed by atoms with Gasteiger partial charge < -0.3 is 14.8 Å². The quantitative estimate of drug-likeness (QED) is 0.775. The van der Waals surface area contributed by atoms with Crippen LogP contribution in [0.5, 0.6) is 0 Å². The number of rotatable bonds is 4. The number of furan rings is 1. The highest BCUT2D eigenvalue weighted by Crippen LogP contribution is 2.32. The van der Waals surface area contributed by atoms with Crippen LogP contribution in [-0.2, 0) is 9.59 Å². The Balaban J connectivity index is 1.62. The zero-order valence-electron chi connectivity index (χ0n) is 11.9. The number of carbonyl (C=O) groups excluding carboxylic acids is 3. The summed E-state index contributed by atoms with van der Waals surface area (Å²) in [5.41, 5.74) is 0. The molecule has 2 aliphatic rings. The van der Waals surface area contributed by atoms with Gasteiger partial charge in [0, 0.05) is 17.6 Å². The van der Waals surface area contributed by atoms with Crippen molar-refractivity contribution in [3.05, 3.63) is 29.1 Å². The summed E-state index contributed by atoms with van der Waals surface area (Å²) in [6.45, 7) is -0.353. The molecule has 0 radical (unpaired) electrons.